The van der Waals surface area contributed by atoms with Gasteiger partial charge in [0.05, 0.1) is 0 Å². The number of nitrogens with zero attached hydrogens (tertiary/aromatic N) is 1. The molecule has 0 atom stereocenters. The molecule has 0 bridgehead atoms. The normalized spacial score (nSPS) is 28.4. The summed E-state index contributed by atoms with van der Waals surface area (Å²) >= 11 is 0. The monoisotopic (exact) mass is 282 g/mol. The number of ether oxygens (including phenoxy) is 1. The summed E-state index contributed by atoms with van der Waals surface area (Å²) in [5, 5.41) is 3.01. The molecule has 1 aliphatic carbocycles. The largest absolute Gasteiger partial charge is 0.444 e. The second-order valence-electron chi connectivity index (χ2n) is 7.37. The molecule has 116 valence electrons. The van der Waals surface area contributed by atoms with Crippen LogP contribution in [-0.2, 0) is 4.74 Å². The molecule has 0 unspecified atom stereocenters. The van der Waals surface area contributed by atoms with Crippen molar-refractivity contribution in [1.82, 2.24) is 10.2 Å². The van der Waals surface area contributed by atoms with E-state index in [-0.39, 0.29) is 6.09 Å². The molecule has 0 spiro atoms. The smallest absolute Gasteiger partial charge is 0.407 e. The molecule has 0 aromatic heterocycles. The molecule has 2 aliphatic rings. The van der Waals surface area contributed by atoms with Crippen LogP contribution in [0, 0.1) is 5.92 Å². The molecule has 1 saturated carbocycles. The van der Waals surface area contributed by atoms with Crippen molar-refractivity contribution in [2.24, 2.45) is 5.92 Å². The fourth-order valence-electron chi connectivity index (χ4n) is 3.29. The van der Waals surface area contributed by atoms with Gasteiger partial charge in [0, 0.05) is 12.6 Å². The van der Waals surface area contributed by atoms with Crippen molar-refractivity contribution in [3.63, 3.8) is 0 Å². The first-order valence-corrected chi connectivity index (χ1v) is 8.14. The van der Waals surface area contributed by atoms with Gasteiger partial charge in [-0.2, -0.15) is 0 Å². The summed E-state index contributed by atoms with van der Waals surface area (Å²) in [6.07, 6.45) is 7.13. The predicted molar refractivity (Wildman–Crippen MR) is 80.8 cm³/mol. The van der Waals surface area contributed by atoms with Crippen molar-refractivity contribution in [3.05, 3.63) is 0 Å². The molecule has 4 nitrogen and oxygen atoms in total. The number of alkyl carbamates (subject to hydrolysis) is 1. The number of carbonyl (C=O) groups excluding carboxylic acids is 1. The lowest BCUT2D eigenvalue weighted by molar-refractivity contribution is 0.0484. The molecule has 4 heteroatoms. The van der Waals surface area contributed by atoms with Gasteiger partial charge in [-0.3, -0.25) is 0 Å². The van der Waals surface area contributed by atoms with Gasteiger partial charge < -0.3 is 15.0 Å². The molecule has 1 amide bonds. The zero-order chi connectivity index (χ0) is 14.6. The number of amides is 1. The van der Waals surface area contributed by atoms with Crippen LogP contribution >= 0.6 is 0 Å². The van der Waals surface area contributed by atoms with E-state index >= 15 is 0 Å². The van der Waals surface area contributed by atoms with Crippen molar-refractivity contribution in [2.45, 2.75) is 70.9 Å². The van der Waals surface area contributed by atoms with Crippen LogP contribution in [-0.4, -0.2) is 42.3 Å². The van der Waals surface area contributed by atoms with E-state index < -0.39 is 5.60 Å². The summed E-state index contributed by atoms with van der Waals surface area (Å²) < 4.78 is 5.32. The molecule has 0 radical (unpaired) electrons. The van der Waals surface area contributed by atoms with Gasteiger partial charge in [-0.15, -0.1) is 0 Å². The van der Waals surface area contributed by atoms with E-state index in [1.807, 2.05) is 20.8 Å². The number of likely N-dealkylation sites (tertiary alicyclic amines) is 1. The van der Waals surface area contributed by atoms with Gasteiger partial charge in [0.15, 0.2) is 0 Å². The van der Waals surface area contributed by atoms with Gasteiger partial charge in [-0.25, -0.2) is 4.79 Å². The first kappa shape index (κ1) is 15.6. The Balaban J connectivity index is 1.64. The Morgan fingerprint density at radius 2 is 1.75 bits per heavy atom. The summed E-state index contributed by atoms with van der Waals surface area (Å²) in [6.45, 7) is 9.55. The SMILES string of the molecule is CC(C)(C)OC(=O)NC1CCC(CN2CCCC2)CC1. The molecule has 1 heterocycles. The molecular weight excluding hydrogens is 252 g/mol. The van der Waals surface area contributed by atoms with Crippen LogP contribution in [0.25, 0.3) is 0 Å². The number of nitrogens with one attached hydrogen (secondary N) is 1. The third-order valence-corrected chi connectivity index (χ3v) is 4.28. The second kappa shape index (κ2) is 6.79. The molecule has 0 aromatic carbocycles. The number of hydrogen-bond donors (Lipinski definition) is 1. The molecule has 1 saturated heterocycles. The number of rotatable bonds is 3. The quantitative estimate of drug-likeness (QED) is 0.864. The summed E-state index contributed by atoms with van der Waals surface area (Å²) in [4.78, 5) is 14.3. The van der Waals surface area contributed by atoms with E-state index in [0.29, 0.717) is 6.04 Å². The lowest BCUT2D eigenvalue weighted by Gasteiger charge is -2.32. The first-order valence-electron chi connectivity index (χ1n) is 8.14. The topological polar surface area (TPSA) is 41.6 Å². The molecule has 2 rings (SSSR count). The maximum absolute atomic E-state index is 11.7. The highest BCUT2D eigenvalue weighted by Crippen LogP contribution is 2.26. The van der Waals surface area contributed by atoms with Gasteiger partial charge in [0.2, 0.25) is 0 Å². The van der Waals surface area contributed by atoms with E-state index in [2.05, 4.69) is 10.2 Å². The standard InChI is InChI=1S/C16H30N2O2/c1-16(2,3)20-15(19)17-14-8-6-13(7-9-14)12-18-10-4-5-11-18/h13-14H,4-12H2,1-3H3,(H,17,19). The van der Waals surface area contributed by atoms with Gasteiger partial charge in [-0.05, 0) is 78.3 Å². The molecule has 2 fully saturated rings. The van der Waals surface area contributed by atoms with E-state index in [4.69, 9.17) is 4.74 Å². The highest BCUT2D eigenvalue weighted by Gasteiger charge is 2.26. The molecule has 0 aromatic rings. The highest BCUT2D eigenvalue weighted by atomic mass is 16.6. The van der Waals surface area contributed by atoms with Crippen LogP contribution in [0.3, 0.4) is 0 Å². The zero-order valence-electron chi connectivity index (χ0n) is 13.3. The highest BCUT2D eigenvalue weighted by molar-refractivity contribution is 5.68. The van der Waals surface area contributed by atoms with Crippen molar-refractivity contribution in [3.8, 4) is 0 Å². The van der Waals surface area contributed by atoms with E-state index in [9.17, 15) is 4.79 Å². The van der Waals surface area contributed by atoms with Crippen LogP contribution in [0.1, 0.15) is 59.3 Å². The number of carbonyl (C=O) groups is 1. The zero-order valence-corrected chi connectivity index (χ0v) is 13.3. The molecular formula is C16H30N2O2. The fourth-order valence-corrected chi connectivity index (χ4v) is 3.29. The maximum atomic E-state index is 11.7. The van der Waals surface area contributed by atoms with Gasteiger partial charge in [-0.1, -0.05) is 0 Å². The van der Waals surface area contributed by atoms with E-state index in [1.54, 1.807) is 0 Å². The van der Waals surface area contributed by atoms with Gasteiger partial charge in [0.1, 0.15) is 5.60 Å². The van der Waals surface area contributed by atoms with Gasteiger partial charge in [0.25, 0.3) is 0 Å². The fraction of sp³-hybridized carbons (Fsp3) is 0.938. The lowest BCUT2D eigenvalue weighted by atomic mass is 9.86. The summed E-state index contributed by atoms with van der Waals surface area (Å²) in [7, 11) is 0. The minimum atomic E-state index is -0.406. The number of hydrogen-bond acceptors (Lipinski definition) is 3. The Kier molecular flexibility index (Phi) is 5.30. The summed E-state index contributed by atoms with van der Waals surface area (Å²) in [5.41, 5.74) is -0.406. The Hall–Kier alpha value is -0.770. The average Bonchev–Trinajstić information content (AvgIpc) is 2.82. The van der Waals surface area contributed by atoms with Crippen molar-refractivity contribution in [1.29, 1.82) is 0 Å². The summed E-state index contributed by atoms with van der Waals surface area (Å²) in [6, 6.07) is 0.305. The van der Waals surface area contributed by atoms with Crippen molar-refractivity contribution in [2.75, 3.05) is 19.6 Å². The second-order valence-corrected chi connectivity index (χ2v) is 7.37. The molecule has 20 heavy (non-hydrogen) atoms. The Bertz CT molecular complexity index is 311. The minimum absolute atomic E-state index is 0.263. The van der Waals surface area contributed by atoms with Crippen LogP contribution in [0.4, 0.5) is 4.79 Å². The third kappa shape index (κ3) is 5.31. The van der Waals surface area contributed by atoms with Crippen LogP contribution in [0.15, 0.2) is 0 Å². The van der Waals surface area contributed by atoms with E-state index in [0.717, 1.165) is 18.8 Å². The molecule has 1 aliphatic heterocycles. The average molecular weight is 282 g/mol. The third-order valence-electron chi connectivity index (χ3n) is 4.28. The van der Waals surface area contributed by atoms with Crippen LogP contribution in [0.2, 0.25) is 0 Å². The maximum Gasteiger partial charge on any atom is 0.407 e. The molecule has 1 N–H and O–H groups in total. The van der Waals surface area contributed by atoms with Gasteiger partial charge >= 0.3 is 6.09 Å². The minimum Gasteiger partial charge on any atom is -0.444 e. The first-order chi connectivity index (χ1) is 9.42. The van der Waals surface area contributed by atoms with Crippen molar-refractivity contribution >= 4 is 6.09 Å². The Morgan fingerprint density at radius 1 is 1.15 bits per heavy atom. The Labute approximate surface area is 123 Å². The van der Waals surface area contributed by atoms with Crippen molar-refractivity contribution < 1.29 is 9.53 Å². The Morgan fingerprint density at radius 3 is 2.30 bits per heavy atom. The lowest BCUT2D eigenvalue weighted by Crippen LogP contribution is -2.42. The van der Waals surface area contributed by atoms with Crippen LogP contribution in [0.5, 0.6) is 0 Å². The van der Waals surface area contributed by atoms with E-state index in [1.165, 1.54) is 45.3 Å². The van der Waals surface area contributed by atoms with Crippen LogP contribution < -0.4 is 5.32 Å². The summed E-state index contributed by atoms with van der Waals surface area (Å²) in [5.74, 6) is 0.824. The predicted octanol–water partition coefficient (Wildman–Crippen LogP) is 3.17.